The van der Waals surface area contributed by atoms with Gasteiger partial charge in [-0.25, -0.2) is 0 Å². The van der Waals surface area contributed by atoms with Gasteiger partial charge in [0, 0.05) is 0 Å². The summed E-state index contributed by atoms with van der Waals surface area (Å²) in [5, 5.41) is 2.84. The molecule has 0 radical (unpaired) electrons. The number of nitrogens with one attached hydrogen (secondary N) is 1. The monoisotopic (exact) mass is 187 g/mol. The van der Waals surface area contributed by atoms with Crippen LogP contribution in [0.15, 0.2) is 36.4 Å². The molecule has 1 aromatic rings. The molecule has 0 unspecified atom stereocenters. The van der Waals surface area contributed by atoms with Crippen molar-refractivity contribution in [2.24, 2.45) is 5.92 Å². The molecule has 0 saturated carbocycles. The van der Waals surface area contributed by atoms with Crippen LogP contribution in [0.25, 0.3) is 6.08 Å². The lowest BCUT2D eigenvalue weighted by Gasteiger charge is -2.31. The molecule has 72 valence electrons. The lowest BCUT2D eigenvalue weighted by molar-refractivity contribution is -0.132. The number of rotatable bonds is 2. The first-order chi connectivity index (χ1) is 6.77. The average molecular weight is 187 g/mol. The third kappa shape index (κ3) is 1.69. The number of benzene rings is 1. The molecule has 1 aromatic carbocycles. The average Bonchev–Trinajstić information content (AvgIpc) is 2.25. The standard InChI is InChI=1S/C12H13NO/c1-9-11(13-12(9)14)8-7-10-5-3-2-4-6-10/h2-9,11H,1H3,(H,13,14)/b8-7+/t9-,11+/m1/s1. The number of carbonyl (C=O) groups is 1. The molecule has 1 amide bonds. The Morgan fingerprint density at radius 1 is 1.29 bits per heavy atom. The number of hydrogen-bond acceptors (Lipinski definition) is 1. The Balaban J connectivity index is 1.99. The van der Waals surface area contributed by atoms with E-state index in [9.17, 15) is 4.79 Å². The van der Waals surface area contributed by atoms with Crippen LogP contribution < -0.4 is 5.32 Å². The highest BCUT2D eigenvalue weighted by molar-refractivity contribution is 5.86. The van der Waals surface area contributed by atoms with Crippen LogP contribution in [-0.2, 0) is 4.79 Å². The van der Waals surface area contributed by atoms with E-state index in [2.05, 4.69) is 5.32 Å². The first kappa shape index (κ1) is 9.00. The van der Waals surface area contributed by atoms with Crippen molar-refractivity contribution in [2.45, 2.75) is 13.0 Å². The molecule has 0 bridgehead atoms. The van der Waals surface area contributed by atoms with Gasteiger partial charge in [0.25, 0.3) is 0 Å². The van der Waals surface area contributed by atoms with Crippen LogP contribution in [-0.4, -0.2) is 11.9 Å². The minimum atomic E-state index is 0.120. The van der Waals surface area contributed by atoms with Crippen LogP contribution in [0.5, 0.6) is 0 Å². The van der Waals surface area contributed by atoms with Gasteiger partial charge in [0.2, 0.25) is 5.91 Å². The fraction of sp³-hybridized carbons (Fsp3) is 0.250. The first-order valence-corrected chi connectivity index (χ1v) is 4.81. The predicted octanol–water partition coefficient (Wildman–Crippen LogP) is 1.83. The molecule has 1 fully saturated rings. The van der Waals surface area contributed by atoms with Crippen LogP contribution in [0.4, 0.5) is 0 Å². The summed E-state index contributed by atoms with van der Waals surface area (Å²) >= 11 is 0. The Morgan fingerprint density at radius 3 is 2.57 bits per heavy atom. The minimum absolute atomic E-state index is 0.120. The molecule has 2 atom stereocenters. The first-order valence-electron chi connectivity index (χ1n) is 4.81. The normalized spacial score (nSPS) is 25.9. The summed E-state index contributed by atoms with van der Waals surface area (Å²) in [6.45, 7) is 1.94. The van der Waals surface area contributed by atoms with Gasteiger partial charge in [-0.2, -0.15) is 0 Å². The molecule has 2 heteroatoms. The Labute approximate surface area is 83.6 Å². The summed E-state index contributed by atoms with van der Waals surface area (Å²) in [6, 6.07) is 10.3. The van der Waals surface area contributed by atoms with Gasteiger partial charge in [-0.1, -0.05) is 49.4 Å². The maximum atomic E-state index is 10.9. The summed E-state index contributed by atoms with van der Waals surface area (Å²) in [6.07, 6.45) is 4.09. The molecular weight excluding hydrogens is 174 g/mol. The summed E-state index contributed by atoms with van der Waals surface area (Å²) < 4.78 is 0. The van der Waals surface area contributed by atoms with Gasteiger partial charge in [-0.3, -0.25) is 4.79 Å². The summed E-state index contributed by atoms with van der Waals surface area (Å²) in [5.74, 6) is 0.266. The minimum Gasteiger partial charge on any atom is -0.349 e. The highest BCUT2D eigenvalue weighted by Gasteiger charge is 2.32. The van der Waals surface area contributed by atoms with Crippen molar-refractivity contribution in [3.63, 3.8) is 0 Å². The van der Waals surface area contributed by atoms with E-state index in [1.54, 1.807) is 0 Å². The number of carbonyl (C=O) groups excluding carboxylic acids is 1. The van der Waals surface area contributed by atoms with E-state index in [1.165, 1.54) is 5.56 Å². The van der Waals surface area contributed by atoms with E-state index in [-0.39, 0.29) is 17.9 Å². The van der Waals surface area contributed by atoms with E-state index in [1.807, 2.05) is 49.4 Å². The zero-order valence-corrected chi connectivity index (χ0v) is 8.10. The van der Waals surface area contributed by atoms with Crippen LogP contribution in [0.1, 0.15) is 12.5 Å². The topological polar surface area (TPSA) is 29.1 Å². The van der Waals surface area contributed by atoms with Crippen molar-refractivity contribution in [3.05, 3.63) is 42.0 Å². The van der Waals surface area contributed by atoms with E-state index >= 15 is 0 Å². The summed E-state index contributed by atoms with van der Waals surface area (Å²) in [4.78, 5) is 10.9. The Morgan fingerprint density at radius 2 is 2.00 bits per heavy atom. The second kappa shape index (κ2) is 3.66. The predicted molar refractivity (Wildman–Crippen MR) is 56.6 cm³/mol. The number of amides is 1. The van der Waals surface area contributed by atoms with E-state index in [0.29, 0.717) is 0 Å². The largest absolute Gasteiger partial charge is 0.349 e. The van der Waals surface area contributed by atoms with Crippen LogP contribution in [0, 0.1) is 5.92 Å². The van der Waals surface area contributed by atoms with Crippen molar-refractivity contribution in [2.75, 3.05) is 0 Å². The molecule has 2 nitrogen and oxygen atoms in total. The fourth-order valence-corrected chi connectivity index (χ4v) is 1.48. The highest BCUT2D eigenvalue weighted by Crippen LogP contribution is 2.16. The fourth-order valence-electron chi connectivity index (χ4n) is 1.48. The number of β-lactam (4-membered cyclic amide) rings is 1. The number of hydrogen-bond donors (Lipinski definition) is 1. The maximum absolute atomic E-state index is 10.9. The Kier molecular flexibility index (Phi) is 2.35. The molecule has 1 aliphatic rings. The van der Waals surface area contributed by atoms with Gasteiger partial charge in [0.05, 0.1) is 12.0 Å². The smallest absolute Gasteiger partial charge is 0.225 e. The van der Waals surface area contributed by atoms with E-state index in [0.717, 1.165) is 0 Å². The van der Waals surface area contributed by atoms with Crippen molar-refractivity contribution >= 4 is 12.0 Å². The van der Waals surface area contributed by atoms with Crippen LogP contribution >= 0.6 is 0 Å². The molecule has 1 aliphatic heterocycles. The van der Waals surface area contributed by atoms with Gasteiger partial charge in [-0.15, -0.1) is 0 Å². The quantitative estimate of drug-likeness (QED) is 0.703. The van der Waals surface area contributed by atoms with Crippen LogP contribution in [0.3, 0.4) is 0 Å². The Bertz CT molecular complexity index is 356. The molecule has 0 aromatic heterocycles. The van der Waals surface area contributed by atoms with Crippen molar-refractivity contribution < 1.29 is 4.79 Å². The molecule has 1 heterocycles. The molecule has 2 rings (SSSR count). The third-order valence-electron chi connectivity index (χ3n) is 2.56. The zero-order valence-electron chi connectivity index (χ0n) is 8.10. The molecule has 0 spiro atoms. The van der Waals surface area contributed by atoms with Gasteiger partial charge in [0.1, 0.15) is 0 Å². The SMILES string of the molecule is C[C@H]1C(=O)N[C@H]1/C=C/c1ccccc1. The van der Waals surface area contributed by atoms with Crippen LogP contribution in [0.2, 0.25) is 0 Å². The summed E-state index contributed by atoms with van der Waals surface area (Å²) in [5.41, 5.74) is 1.17. The summed E-state index contributed by atoms with van der Waals surface area (Å²) in [7, 11) is 0. The van der Waals surface area contributed by atoms with Gasteiger partial charge in [-0.05, 0) is 5.56 Å². The van der Waals surface area contributed by atoms with Gasteiger partial charge >= 0.3 is 0 Å². The molecular formula is C12H13NO. The van der Waals surface area contributed by atoms with Gasteiger partial charge < -0.3 is 5.32 Å². The third-order valence-corrected chi connectivity index (χ3v) is 2.56. The zero-order chi connectivity index (χ0) is 9.97. The lowest BCUT2D eigenvalue weighted by Crippen LogP contribution is -2.55. The molecule has 1 N–H and O–H groups in total. The lowest BCUT2D eigenvalue weighted by atomic mass is 9.92. The van der Waals surface area contributed by atoms with Crippen molar-refractivity contribution in [1.29, 1.82) is 0 Å². The second-order valence-electron chi connectivity index (χ2n) is 3.59. The van der Waals surface area contributed by atoms with E-state index < -0.39 is 0 Å². The molecule has 0 aliphatic carbocycles. The van der Waals surface area contributed by atoms with E-state index in [4.69, 9.17) is 0 Å². The molecule has 14 heavy (non-hydrogen) atoms. The van der Waals surface area contributed by atoms with Crippen molar-refractivity contribution in [1.82, 2.24) is 5.32 Å². The van der Waals surface area contributed by atoms with Gasteiger partial charge in [0.15, 0.2) is 0 Å². The molecule has 1 saturated heterocycles. The highest BCUT2D eigenvalue weighted by atomic mass is 16.2. The Hall–Kier alpha value is -1.57. The second-order valence-corrected chi connectivity index (χ2v) is 3.59. The van der Waals surface area contributed by atoms with Crippen molar-refractivity contribution in [3.8, 4) is 0 Å². The maximum Gasteiger partial charge on any atom is 0.225 e.